The summed E-state index contributed by atoms with van der Waals surface area (Å²) in [5, 5.41) is 0.861. The van der Waals surface area contributed by atoms with Gasteiger partial charge in [0.25, 0.3) is 0 Å². The van der Waals surface area contributed by atoms with Crippen molar-refractivity contribution in [3.05, 3.63) is 59.4 Å². The lowest BCUT2D eigenvalue weighted by Gasteiger charge is -2.00. The van der Waals surface area contributed by atoms with Gasteiger partial charge in [-0.05, 0) is 40.2 Å². The van der Waals surface area contributed by atoms with Crippen LogP contribution < -0.4 is 0 Å². The van der Waals surface area contributed by atoms with Crippen LogP contribution in [-0.2, 0) is 4.74 Å². The molecule has 1 aromatic carbocycles. The number of thiazole rings is 1. The fraction of sp³-hybridized carbons (Fsp3) is 0.0625. The minimum Gasteiger partial charge on any atom is -0.458 e. The van der Waals surface area contributed by atoms with Crippen molar-refractivity contribution in [1.29, 1.82) is 0 Å². The summed E-state index contributed by atoms with van der Waals surface area (Å²) in [6.07, 6.45) is 5.04. The average molecular weight is 375 g/mol. The molecule has 110 valence electrons. The first-order valence-corrected chi connectivity index (χ1v) is 8.08. The molecule has 0 atom stereocenters. The molecule has 3 rings (SSSR count). The maximum atomic E-state index is 11.9. The summed E-state index contributed by atoms with van der Waals surface area (Å²) in [6, 6.07) is 7.30. The van der Waals surface area contributed by atoms with Gasteiger partial charge < -0.3 is 4.74 Å². The highest BCUT2D eigenvalue weighted by Crippen LogP contribution is 2.31. The first-order chi connectivity index (χ1) is 10.7. The van der Waals surface area contributed by atoms with Gasteiger partial charge in [0.15, 0.2) is 0 Å². The van der Waals surface area contributed by atoms with Crippen LogP contribution in [0.2, 0.25) is 0 Å². The zero-order valence-corrected chi connectivity index (χ0v) is 13.9. The van der Waals surface area contributed by atoms with Crippen LogP contribution in [0.5, 0.6) is 0 Å². The standard InChI is InChI=1S/C16H11BrN2O2S/c1-2-5-21-16(20)10-3-4-13-14(7-10)22-15(19-13)11-6-12(17)9-18-8-11/h2-4,6-9H,1,5H2. The van der Waals surface area contributed by atoms with Crippen molar-refractivity contribution >= 4 is 43.5 Å². The minimum atomic E-state index is -0.360. The van der Waals surface area contributed by atoms with E-state index in [1.54, 1.807) is 30.6 Å². The molecule has 0 spiro atoms. The summed E-state index contributed by atoms with van der Waals surface area (Å²) in [5.74, 6) is -0.360. The van der Waals surface area contributed by atoms with Crippen molar-refractivity contribution in [2.45, 2.75) is 0 Å². The normalized spacial score (nSPS) is 10.6. The molecule has 0 fully saturated rings. The number of carbonyl (C=O) groups excluding carboxylic acids is 1. The van der Waals surface area contributed by atoms with E-state index in [4.69, 9.17) is 4.74 Å². The van der Waals surface area contributed by atoms with Gasteiger partial charge in [0.05, 0.1) is 15.8 Å². The molecule has 3 aromatic rings. The van der Waals surface area contributed by atoms with E-state index >= 15 is 0 Å². The van der Waals surface area contributed by atoms with E-state index in [9.17, 15) is 4.79 Å². The van der Waals surface area contributed by atoms with Gasteiger partial charge in [-0.1, -0.05) is 12.7 Å². The Morgan fingerprint density at radius 3 is 3.00 bits per heavy atom. The van der Waals surface area contributed by atoms with E-state index in [1.807, 2.05) is 12.1 Å². The van der Waals surface area contributed by atoms with E-state index in [0.29, 0.717) is 5.56 Å². The largest absolute Gasteiger partial charge is 0.458 e. The van der Waals surface area contributed by atoms with Crippen molar-refractivity contribution in [3.63, 3.8) is 0 Å². The molecule has 2 heterocycles. The van der Waals surface area contributed by atoms with E-state index in [2.05, 4.69) is 32.5 Å². The zero-order valence-electron chi connectivity index (χ0n) is 11.5. The number of halogens is 1. The van der Waals surface area contributed by atoms with E-state index in [1.165, 1.54) is 11.3 Å². The molecule has 2 aromatic heterocycles. The summed E-state index contributed by atoms with van der Waals surface area (Å²) >= 11 is 4.92. The third-order valence-electron chi connectivity index (χ3n) is 2.91. The van der Waals surface area contributed by atoms with Gasteiger partial charge in [-0.15, -0.1) is 11.3 Å². The molecule has 0 amide bonds. The Bertz CT molecular complexity index is 860. The number of rotatable bonds is 4. The Kier molecular flexibility index (Phi) is 4.31. The third-order valence-corrected chi connectivity index (χ3v) is 4.41. The second-order valence-electron chi connectivity index (χ2n) is 4.48. The molecular formula is C16H11BrN2O2S. The predicted octanol–water partition coefficient (Wildman–Crippen LogP) is 4.46. The molecule has 0 saturated carbocycles. The van der Waals surface area contributed by atoms with E-state index < -0.39 is 0 Å². The van der Waals surface area contributed by atoms with Gasteiger partial charge in [0.1, 0.15) is 11.6 Å². The average Bonchev–Trinajstić information content (AvgIpc) is 2.95. The number of hydrogen-bond donors (Lipinski definition) is 0. The lowest BCUT2D eigenvalue weighted by Crippen LogP contribution is -2.04. The van der Waals surface area contributed by atoms with Crippen LogP contribution in [0, 0.1) is 0 Å². The highest BCUT2D eigenvalue weighted by molar-refractivity contribution is 9.10. The maximum Gasteiger partial charge on any atom is 0.338 e. The number of benzene rings is 1. The molecule has 0 saturated heterocycles. The van der Waals surface area contributed by atoms with Gasteiger partial charge >= 0.3 is 5.97 Å². The van der Waals surface area contributed by atoms with Crippen LogP contribution in [0.1, 0.15) is 10.4 Å². The topological polar surface area (TPSA) is 52.1 Å². The molecule has 0 aliphatic heterocycles. The molecule has 22 heavy (non-hydrogen) atoms. The minimum absolute atomic E-state index is 0.203. The van der Waals surface area contributed by atoms with Crippen LogP contribution in [0.4, 0.5) is 0 Å². The van der Waals surface area contributed by atoms with Crippen molar-refractivity contribution in [3.8, 4) is 10.6 Å². The summed E-state index contributed by atoms with van der Waals surface area (Å²) in [5.41, 5.74) is 2.29. The van der Waals surface area contributed by atoms with Gasteiger partial charge in [-0.2, -0.15) is 0 Å². The molecule has 0 unspecified atom stereocenters. The number of ether oxygens (including phenoxy) is 1. The molecular weight excluding hydrogens is 364 g/mol. The van der Waals surface area contributed by atoms with Gasteiger partial charge in [-0.3, -0.25) is 4.98 Å². The van der Waals surface area contributed by atoms with Crippen LogP contribution in [0.3, 0.4) is 0 Å². The van der Waals surface area contributed by atoms with E-state index in [0.717, 1.165) is 25.3 Å². The van der Waals surface area contributed by atoms with Crippen LogP contribution in [0.15, 0.2) is 53.8 Å². The fourth-order valence-electron chi connectivity index (χ4n) is 1.92. The maximum absolute atomic E-state index is 11.9. The third kappa shape index (κ3) is 3.08. The molecule has 6 heteroatoms. The molecule has 0 bridgehead atoms. The summed E-state index contributed by atoms with van der Waals surface area (Å²) in [7, 11) is 0. The molecule has 0 aliphatic carbocycles. The molecule has 0 radical (unpaired) electrons. The van der Waals surface area contributed by atoms with Gasteiger partial charge in [-0.25, -0.2) is 9.78 Å². The highest BCUT2D eigenvalue weighted by Gasteiger charge is 2.11. The quantitative estimate of drug-likeness (QED) is 0.499. The van der Waals surface area contributed by atoms with Crippen molar-refractivity contribution in [1.82, 2.24) is 9.97 Å². The number of hydrogen-bond acceptors (Lipinski definition) is 5. The number of aromatic nitrogens is 2. The highest BCUT2D eigenvalue weighted by atomic mass is 79.9. The Hall–Kier alpha value is -2.05. The number of pyridine rings is 1. The Labute approximate surface area is 139 Å². The number of nitrogens with zero attached hydrogens (tertiary/aromatic N) is 2. The van der Waals surface area contributed by atoms with Gasteiger partial charge in [0.2, 0.25) is 0 Å². The first-order valence-electron chi connectivity index (χ1n) is 6.47. The van der Waals surface area contributed by atoms with Crippen LogP contribution >= 0.6 is 27.3 Å². The number of fused-ring (bicyclic) bond motifs is 1. The zero-order chi connectivity index (χ0) is 15.5. The van der Waals surface area contributed by atoms with Crippen molar-refractivity contribution in [2.24, 2.45) is 0 Å². The van der Waals surface area contributed by atoms with Crippen LogP contribution in [-0.4, -0.2) is 22.5 Å². The predicted molar refractivity (Wildman–Crippen MR) is 91.0 cm³/mol. The molecule has 4 nitrogen and oxygen atoms in total. The number of esters is 1. The first kappa shape index (κ1) is 14.9. The summed E-state index contributed by atoms with van der Waals surface area (Å²) in [4.78, 5) is 20.6. The van der Waals surface area contributed by atoms with Crippen molar-refractivity contribution in [2.75, 3.05) is 6.61 Å². The Morgan fingerprint density at radius 2 is 2.23 bits per heavy atom. The summed E-state index contributed by atoms with van der Waals surface area (Å²) < 4.78 is 6.88. The van der Waals surface area contributed by atoms with Crippen molar-refractivity contribution < 1.29 is 9.53 Å². The smallest absolute Gasteiger partial charge is 0.338 e. The van der Waals surface area contributed by atoms with E-state index in [-0.39, 0.29) is 12.6 Å². The number of carbonyl (C=O) groups is 1. The fourth-order valence-corrected chi connectivity index (χ4v) is 3.27. The van der Waals surface area contributed by atoms with Crippen LogP contribution in [0.25, 0.3) is 20.8 Å². The molecule has 0 aliphatic rings. The van der Waals surface area contributed by atoms with Gasteiger partial charge in [0, 0.05) is 22.4 Å². The monoisotopic (exact) mass is 374 g/mol. The lowest BCUT2D eigenvalue weighted by molar-refractivity contribution is 0.0550. The summed E-state index contributed by atoms with van der Waals surface area (Å²) in [6.45, 7) is 3.73. The Balaban J connectivity index is 1.96. The second-order valence-corrected chi connectivity index (χ2v) is 6.43. The SMILES string of the molecule is C=CCOC(=O)c1ccc2nc(-c3cncc(Br)c3)sc2c1. The Morgan fingerprint density at radius 1 is 1.36 bits per heavy atom. The second kappa shape index (κ2) is 6.37. The molecule has 0 N–H and O–H groups in total. The lowest BCUT2D eigenvalue weighted by atomic mass is 10.2.